The van der Waals surface area contributed by atoms with Crippen molar-refractivity contribution >= 4 is 0 Å². The second-order valence-corrected chi connectivity index (χ2v) is 3.26. The fourth-order valence-corrected chi connectivity index (χ4v) is 1.18. The van der Waals surface area contributed by atoms with Gasteiger partial charge in [-0.3, -0.25) is 4.90 Å². The van der Waals surface area contributed by atoms with Crippen molar-refractivity contribution in [1.29, 1.82) is 0 Å². The predicted molar refractivity (Wildman–Crippen MR) is 46.5 cm³/mol. The van der Waals surface area contributed by atoms with Crippen molar-refractivity contribution < 1.29 is 0 Å². The van der Waals surface area contributed by atoms with Gasteiger partial charge in [0, 0.05) is 19.6 Å². The van der Waals surface area contributed by atoms with E-state index < -0.39 is 0 Å². The smallest absolute Gasteiger partial charge is 0.0234 e. The minimum atomic E-state index is 1.14. The normalized spacial score (nSPS) is 16.8. The van der Waals surface area contributed by atoms with Crippen molar-refractivity contribution in [3.05, 3.63) is 35.4 Å². The van der Waals surface area contributed by atoms with Crippen molar-refractivity contribution in [2.24, 2.45) is 0 Å². The summed E-state index contributed by atoms with van der Waals surface area (Å²) in [6.07, 6.45) is 0. The highest BCUT2D eigenvalue weighted by Gasteiger charge is 2.16. The van der Waals surface area contributed by atoms with Crippen LogP contribution in [0.15, 0.2) is 24.3 Å². The van der Waals surface area contributed by atoms with Crippen LogP contribution in [0.3, 0.4) is 0 Å². The van der Waals surface area contributed by atoms with Gasteiger partial charge in [-0.2, -0.15) is 0 Å². The fourth-order valence-electron chi connectivity index (χ4n) is 1.18. The summed E-state index contributed by atoms with van der Waals surface area (Å²) >= 11 is 0. The van der Waals surface area contributed by atoms with Crippen molar-refractivity contribution in [3.63, 3.8) is 0 Å². The van der Waals surface area contributed by atoms with Crippen LogP contribution in [0.1, 0.15) is 11.1 Å². The summed E-state index contributed by atoms with van der Waals surface area (Å²) in [5, 5.41) is 0. The molecule has 1 fully saturated rings. The zero-order valence-electron chi connectivity index (χ0n) is 6.88. The Morgan fingerprint density at radius 3 is 2.36 bits per heavy atom. The molecule has 0 aliphatic carbocycles. The lowest BCUT2D eigenvalue weighted by Crippen LogP contribution is -1.95. The maximum Gasteiger partial charge on any atom is 0.0234 e. The van der Waals surface area contributed by atoms with Crippen LogP contribution >= 0.6 is 0 Å². The van der Waals surface area contributed by atoms with Gasteiger partial charge in [-0.15, -0.1) is 0 Å². The Morgan fingerprint density at radius 1 is 1.18 bits per heavy atom. The van der Waals surface area contributed by atoms with Gasteiger partial charge in [-0.25, -0.2) is 0 Å². The molecular formula is C10H13N. The van der Waals surface area contributed by atoms with E-state index in [2.05, 4.69) is 36.1 Å². The Hall–Kier alpha value is -0.820. The lowest BCUT2D eigenvalue weighted by atomic mass is 10.1. The molecule has 1 aliphatic heterocycles. The highest BCUT2D eigenvalue weighted by Crippen LogP contribution is 2.11. The topological polar surface area (TPSA) is 3.01 Å². The van der Waals surface area contributed by atoms with Crippen LogP contribution in [-0.2, 0) is 6.54 Å². The van der Waals surface area contributed by atoms with Crippen LogP contribution in [-0.4, -0.2) is 18.0 Å². The van der Waals surface area contributed by atoms with E-state index in [1.54, 1.807) is 0 Å². The molecule has 1 aliphatic rings. The second kappa shape index (κ2) is 2.67. The van der Waals surface area contributed by atoms with Crippen molar-refractivity contribution in [2.75, 3.05) is 13.1 Å². The van der Waals surface area contributed by atoms with Gasteiger partial charge >= 0.3 is 0 Å². The largest absolute Gasteiger partial charge is 0.297 e. The lowest BCUT2D eigenvalue weighted by molar-refractivity contribution is 0.556. The van der Waals surface area contributed by atoms with Gasteiger partial charge in [-0.05, 0) is 12.5 Å². The summed E-state index contributed by atoms with van der Waals surface area (Å²) in [5.41, 5.74) is 2.78. The summed E-state index contributed by atoms with van der Waals surface area (Å²) in [6.45, 7) is 5.84. The van der Waals surface area contributed by atoms with Gasteiger partial charge in [0.25, 0.3) is 0 Å². The molecule has 0 bridgehead atoms. The van der Waals surface area contributed by atoms with Crippen molar-refractivity contribution in [1.82, 2.24) is 4.90 Å². The molecule has 0 radical (unpaired) electrons. The number of nitrogens with zero attached hydrogens (tertiary/aromatic N) is 1. The maximum absolute atomic E-state index is 2.42. The number of hydrogen-bond acceptors (Lipinski definition) is 1. The molecule has 1 nitrogen and oxygen atoms in total. The molecule has 1 saturated heterocycles. The van der Waals surface area contributed by atoms with Crippen LogP contribution in [0.4, 0.5) is 0 Å². The van der Waals surface area contributed by atoms with Gasteiger partial charge in [0.2, 0.25) is 0 Å². The molecule has 1 heteroatoms. The molecule has 0 amide bonds. The van der Waals surface area contributed by atoms with E-state index in [-0.39, 0.29) is 0 Å². The first-order valence-corrected chi connectivity index (χ1v) is 4.12. The number of rotatable bonds is 2. The molecular weight excluding hydrogens is 134 g/mol. The number of benzene rings is 1. The standard InChI is InChI=1S/C10H13N/c1-9-2-4-10(5-3-9)8-11-6-7-11/h2-5H,6-8H2,1H3. The van der Waals surface area contributed by atoms with Gasteiger partial charge in [0.1, 0.15) is 0 Å². The van der Waals surface area contributed by atoms with Crippen LogP contribution in [0.25, 0.3) is 0 Å². The molecule has 58 valence electrons. The average molecular weight is 147 g/mol. The molecule has 0 aromatic heterocycles. The summed E-state index contributed by atoms with van der Waals surface area (Å²) in [6, 6.07) is 8.79. The quantitative estimate of drug-likeness (QED) is 0.576. The Morgan fingerprint density at radius 2 is 1.82 bits per heavy atom. The van der Waals surface area contributed by atoms with E-state index >= 15 is 0 Å². The Labute approximate surface area is 67.6 Å². The van der Waals surface area contributed by atoms with E-state index in [9.17, 15) is 0 Å². The molecule has 1 aromatic rings. The predicted octanol–water partition coefficient (Wildman–Crippen LogP) is 1.81. The Balaban J connectivity index is 2.06. The Kier molecular flexibility index (Phi) is 1.66. The Bertz CT molecular complexity index is 234. The van der Waals surface area contributed by atoms with Gasteiger partial charge in [0.05, 0.1) is 0 Å². The molecule has 0 unspecified atom stereocenters. The maximum atomic E-state index is 2.42. The highest BCUT2D eigenvalue weighted by molar-refractivity contribution is 5.21. The third-order valence-electron chi connectivity index (χ3n) is 2.07. The molecule has 1 aromatic carbocycles. The van der Waals surface area contributed by atoms with Crippen LogP contribution in [0.5, 0.6) is 0 Å². The molecule has 11 heavy (non-hydrogen) atoms. The summed E-state index contributed by atoms with van der Waals surface area (Å²) in [7, 11) is 0. The summed E-state index contributed by atoms with van der Waals surface area (Å²) in [5.74, 6) is 0. The molecule has 0 N–H and O–H groups in total. The van der Waals surface area contributed by atoms with Crippen molar-refractivity contribution in [2.45, 2.75) is 13.5 Å². The SMILES string of the molecule is Cc1ccc(CN2CC2)cc1. The minimum Gasteiger partial charge on any atom is -0.297 e. The second-order valence-electron chi connectivity index (χ2n) is 3.26. The van der Waals surface area contributed by atoms with E-state index in [0.29, 0.717) is 0 Å². The van der Waals surface area contributed by atoms with Gasteiger partial charge < -0.3 is 0 Å². The molecule has 1 heterocycles. The van der Waals surface area contributed by atoms with E-state index in [1.807, 2.05) is 0 Å². The van der Waals surface area contributed by atoms with E-state index in [0.717, 1.165) is 6.54 Å². The monoisotopic (exact) mass is 147 g/mol. The average Bonchev–Trinajstić information content (AvgIpc) is 2.78. The zero-order valence-corrected chi connectivity index (χ0v) is 6.88. The third-order valence-corrected chi connectivity index (χ3v) is 2.07. The van der Waals surface area contributed by atoms with E-state index in [1.165, 1.54) is 24.2 Å². The third kappa shape index (κ3) is 1.81. The summed E-state index contributed by atoms with van der Waals surface area (Å²) in [4.78, 5) is 2.42. The molecule has 0 atom stereocenters. The molecule has 2 rings (SSSR count). The van der Waals surface area contributed by atoms with Gasteiger partial charge in [-0.1, -0.05) is 29.8 Å². The first-order valence-electron chi connectivity index (χ1n) is 4.12. The fraction of sp³-hybridized carbons (Fsp3) is 0.400. The van der Waals surface area contributed by atoms with E-state index in [4.69, 9.17) is 0 Å². The van der Waals surface area contributed by atoms with Crippen LogP contribution in [0.2, 0.25) is 0 Å². The minimum absolute atomic E-state index is 1.14. The lowest BCUT2D eigenvalue weighted by Gasteiger charge is -2.00. The van der Waals surface area contributed by atoms with Crippen LogP contribution < -0.4 is 0 Å². The zero-order chi connectivity index (χ0) is 7.68. The number of aryl methyl sites for hydroxylation is 1. The van der Waals surface area contributed by atoms with Crippen molar-refractivity contribution in [3.8, 4) is 0 Å². The number of hydrogen-bond donors (Lipinski definition) is 0. The van der Waals surface area contributed by atoms with Crippen LogP contribution in [0, 0.1) is 6.92 Å². The highest BCUT2D eigenvalue weighted by atomic mass is 15.2. The first kappa shape index (κ1) is 6.86. The molecule has 0 saturated carbocycles. The summed E-state index contributed by atoms with van der Waals surface area (Å²) < 4.78 is 0. The molecule has 0 spiro atoms. The first-order chi connectivity index (χ1) is 5.34. The van der Waals surface area contributed by atoms with Gasteiger partial charge in [0.15, 0.2) is 0 Å².